The quantitative estimate of drug-likeness (QED) is 0.753. The molecule has 0 N–H and O–H groups in total. The lowest BCUT2D eigenvalue weighted by atomic mass is 9.81. The summed E-state index contributed by atoms with van der Waals surface area (Å²) in [6, 6.07) is 8.13. The summed E-state index contributed by atoms with van der Waals surface area (Å²) in [5, 5.41) is 0.770. The van der Waals surface area contributed by atoms with Crippen molar-refractivity contribution in [2.75, 3.05) is 45.4 Å². The van der Waals surface area contributed by atoms with Crippen LogP contribution in [0, 0.1) is 5.92 Å². The summed E-state index contributed by atoms with van der Waals surface area (Å²) in [7, 11) is 3.80. The van der Waals surface area contributed by atoms with E-state index in [2.05, 4.69) is 24.1 Å². The third-order valence-corrected chi connectivity index (χ3v) is 5.82. The first-order valence-electron chi connectivity index (χ1n) is 7.38. The van der Waals surface area contributed by atoms with Crippen molar-refractivity contribution in [1.82, 2.24) is 4.90 Å². The van der Waals surface area contributed by atoms with Gasteiger partial charge in [-0.25, -0.2) is 0 Å². The van der Waals surface area contributed by atoms with Gasteiger partial charge in [-0.3, -0.25) is 0 Å². The van der Waals surface area contributed by atoms with Crippen LogP contribution in [0.5, 0.6) is 0 Å². The van der Waals surface area contributed by atoms with Gasteiger partial charge in [-0.15, -0.1) is 0 Å². The number of methoxy groups -OCH3 is 1. The van der Waals surface area contributed by atoms with Gasteiger partial charge in [0.05, 0.1) is 6.61 Å². The molecule has 2 rings (SSSR count). The molecule has 0 amide bonds. The van der Waals surface area contributed by atoms with E-state index >= 15 is 0 Å². The second-order valence-electron chi connectivity index (χ2n) is 5.77. The van der Waals surface area contributed by atoms with Crippen LogP contribution in [0.3, 0.4) is 0 Å². The Balaban J connectivity index is 2.04. The summed E-state index contributed by atoms with van der Waals surface area (Å²) >= 11 is 5.17. The molecule has 0 aromatic heterocycles. The molecule has 0 aliphatic carbocycles. The number of hydrogen-bond donors (Lipinski definition) is 0. The van der Waals surface area contributed by atoms with Gasteiger partial charge in [-0.1, -0.05) is 34.9 Å². The summed E-state index contributed by atoms with van der Waals surface area (Å²) < 4.78 is 17.2. The van der Waals surface area contributed by atoms with Gasteiger partial charge in [0.25, 0.3) is 0 Å². The zero-order chi connectivity index (χ0) is 15.2. The normalized spacial score (nSPS) is 25.0. The maximum Gasteiger partial charge on any atom is 0.128 e. The van der Waals surface area contributed by atoms with E-state index in [9.17, 15) is 4.55 Å². The molecular formula is C16H24ClNO2S. The van der Waals surface area contributed by atoms with E-state index in [1.54, 1.807) is 7.11 Å². The van der Waals surface area contributed by atoms with Crippen molar-refractivity contribution < 1.29 is 9.29 Å². The van der Waals surface area contributed by atoms with Crippen molar-refractivity contribution in [2.24, 2.45) is 5.92 Å². The molecule has 1 aromatic carbocycles. The molecule has 1 aromatic rings. The number of benzene rings is 1. The highest BCUT2D eigenvalue weighted by Crippen LogP contribution is 2.34. The van der Waals surface area contributed by atoms with E-state index in [1.165, 1.54) is 5.56 Å². The zero-order valence-electron chi connectivity index (χ0n) is 12.8. The number of piperidine rings is 1. The van der Waals surface area contributed by atoms with Crippen molar-refractivity contribution in [3.63, 3.8) is 0 Å². The fourth-order valence-electron chi connectivity index (χ4n) is 3.03. The van der Waals surface area contributed by atoms with Crippen LogP contribution >= 0.6 is 11.6 Å². The molecule has 1 saturated heterocycles. The molecule has 1 aliphatic heterocycles. The van der Waals surface area contributed by atoms with Gasteiger partial charge < -0.3 is 14.2 Å². The van der Waals surface area contributed by atoms with Crippen molar-refractivity contribution in [3.8, 4) is 0 Å². The molecule has 0 saturated carbocycles. The Morgan fingerprint density at radius 1 is 1.38 bits per heavy atom. The third-order valence-electron chi connectivity index (χ3n) is 4.15. The number of hydrogen-bond acceptors (Lipinski definition) is 3. The lowest BCUT2D eigenvalue weighted by molar-refractivity contribution is 0.196. The highest BCUT2D eigenvalue weighted by molar-refractivity contribution is 7.91. The average Bonchev–Trinajstić information content (AvgIpc) is 2.46. The van der Waals surface area contributed by atoms with E-state index in [-0.39, 0.29) is 0 Å². The molecular weight excluding hydrogens is 306 g/mol. The van der Waals surface area contributed by atoms with Crippen LogP contribution in [0.25, 0.3) is 0 Å². The number of ether oxygens (including phenoxy) is 1. The van der Waals surface area contributed by atoms with Crippen LogP contribution in [0.15, 0.2) is 24.3 Å². The van der Waals surface area contributed by atoms with E-state index < -0.39 is 11.2 Å². The molecule has 0 radical (unpaired) electrons. The van der Waals surface area contributed by atoms with Gasteiger partial charge in [0, 0.05) is 24.6 Å². The molecule has 3 nitrogen and oxygen atoms in total. The third kappa shape index (κ3) is 5.15. The second kappa shape index (κ2) is 8.39. The predicted octanol–water partition coefficient (Wildman–Crippen LogP) is 2.77. The van der Waals surface area contributed by atoms with E-state index in [1.807, 2.05) is 12.1 Å². The highest BCUT2D eigenvalue weighted by Gasteiger charge is 2.32. The molecule has 1 aliphatic rings. The van der Waals surface area contributed by atoms with E-state index in [4.69, 9.17) is 16.3 Å². The molecule has 5 heteroatoms. The number of rotatable bonds is 6. The molecule has 0 bridgehead atoms. The van der Waals surface area contributed by atoms with Crippen molar-refractivity contribution in [2.45, 2.75) is 12.3 Å². The highest BCUT2D eigenvalue weighted by atomic mass is 35.5. The van der Waals surface area contributed by atoms with Gasteiger partial charge in [-0.05, 0) is 43.6 Å². The summed E-state index contributed by atoms with van der Waals surface area (Å²) in [5.41, 5.74) is 1.32. The fourth-order valence-corrected chi connectivity index (χ4v) is 4.49. The van der Waals surface area contributed by atoms with Gasteiger partial charge in [0.2, 0.25) is 0 Å². The fraction of sp³-hybridized carbons (Fsp3) is 0.625. The Kier molecular flexibility index (Phi) is 6.83. The minimum Gasteiger partial charge on any atom is -0.616 e. The first kappa shape index (κ1) is 17.1. The molecule has 1 heterocycles. The average molecular weight is 330 g/mol. The van der Waals surface area contributed by atoms with Crippen LogP contribution in [0.4, 0.5) is 0 Å². The molecule has 3 atom stereocenters. The first-order chi connectivity index (χ1) is 10.1. The SMILES string of the molecule is COCC[S+]([O-])C[C@H]1CN(C)CC[C@@H]1c1ccc(Cl)cc1. The minimum absolute atomic E-state index is 0.433. The maximum absolute atomic E-state index is 12.2. The largest absolute Gasteiger partial charge is 0.616 e. The number of likely N-dealkylation sites (tertiary alicyclic amines) is 1. The monoisotopic (exact) mass is 329 g/mol. The van der Waals surface area contributed by atoms with Crippen LogP contribution in [-0.2, 0) is 15.9 Å². The summed E-state index contributed by atoms with van der Waals surface area (Å²) in [4.78, 5) is 2.34. The van der Waals surface area contributed by atoms with Crippen molar-refractivity contribution in [1.29, 1.82) is 0 Å². The summed E-state index contributed by atoms with van der Waals surface area (Å²) in [5.74, 6) is 2.29. The standard InChI is InChI=1S/C16H24ClNO2S/c1-18-8-7-16(13-3-5-15(17)6-4-13)14(11-18)12-21(19)10-9-20-2/h3-6,14,16H,7-12H2,1-2H3/t14-,16-,21?/m1/s1. The number of nitrogens with zero attached hydrogens (tertiary/aromatic N) is 1. The van der Waals surface area contributed by atoms with Crippen molar-refractivity contribution >= 4 is 22.8 Å². The minimum atomic E-state index is -0.809. The smallest absolute Gasteiger partial charge is 0.128 e. The van der Waals surface area contributed by atoms with Crippen LogP contribution in [0.1, 0.15) is 17.9 Å². The summed E-state index contributed by atoms with van der Waals surface area (Å²) in [6.45, 7) is 2.67. The van der Waals surface area contributed by atoms with Crippen LogP contribution < -0.4 is 0 Å². The van der Waals surface area contributed by atoms with Gasteiger partial charge in [0.15, 0.2) is 0 Å². The molecule has 118 valence electrons. The lowest BCUT2D eigenvalue weighted by Crippen LogP contribution is -2.40. The van der Waals surface area contributed by atoms with Gasteiger partial charge in [-0.2, -0.15) is 0 Å². The Morgan fingerprint density at radius 3 is 2.76 bits per heavy atom. The second-order valence-corrected chi connectivity index (χ2v) is 7.83. The molecule has 0 spiro atoms. The molecule has 1 unspecified atom stereocenters. The van der Waals surface area contributed by atoms with Crippen molar-refractivity contribution in [3.05, 3.63) is 34.9 Å². The lowest BCUT2D eigenvalue weighted by Gasteiger charge is -2.37. The topological polar surface area (TPSA) is 35.5 Å². The molecule has 1 fully saturated rings. The van der Waals surface area contributed by atoms with E-state index in [0.29, 0.717) is 24.2 Å². The maximum atomic E-state index is 12.2. The van der Waals surface area contributed by atoms with Gasteiger partial charge >= 0.3 is 0 Å². The Hall–Kier alpha value is -0.260. The Morgan fingerprint density at radius 2 is 2.10 bits per heavy atom. The van der Waals surface area contributed by atoms with Crippen LogP contribution in [0.2, 0.25) is 5.02 Å². The zero-order valence-corrected chi connectivity index (χ0v) is 14.3. The summed E-state index contributed by atoms with van der Waals surface area (Å²) in [6.07, 6.45) is 1.12. The Labute approximate surface area is 135 Å². The Bertz CT molecular complexity index is 429. The van der Waals surface area contributed by atoms with Crippen LogP contribution in [-0.4, -0.2) is 54.8 Å². The first-order valence-corrected chi connectivity index (χ1v) is 9.24. The van der Waals surface area contributed by atoms with Gasteiger partial charge in [0.1, 0.15) is 11.5 Å². The molecule has 21 heavy (non-hydrogen) atoms. The van der Waals surface area contributed by atoms with E-state index in [0.717, 1.165) is 30.3 Å². The predicted molar refractivity (Wildman–Crippen MR) is 89.5 cm³/mol. The number of halogens is 1.